The largest absolute Gasteiger partial charge is 0.467 e. The smallest absolute Gasteiger partial charge is 0.254 e. The first-order chi connectivity index (χ1) is 14.6. The predicted octanol–water partition coefficient (Wildman–Crippen LogP) is 4.04. The van der Waals surface area contributed by atoms with Gasteiger partial charge in [-0.2, -0.15) is 0 Å². The first kappa shape index (κ1) is 22.1. The van der Waals surface area contributed by atoms with Crippen LogP contribution in [0.2, 0.25) is 0 Å². The Kier molecular flexibility index (Phi) is 8.08. The first-order valence-electron chi connectivity index (χ1n) is 10.8. The molecule has 2 amide bonds. The summed E-state index contributed by atoms with van der Waals surface area (Å²) in [6, 6.07) is 11.2. The molecular formula is C24H32N2O4. The third kappa shape index (κ3) is 6.20. The van der Waals surface area contributed by atoms with Gasteiger partial charge in [0.2, 0.25) is 5.91 Å². The molecular weight excluding hydrogens is 380 g/mol. The highest BCUT2D eigenvalue weighted by molar-refractivity contribution is 5.96. The molecule has 3 rings (SSSR count). The van der Waals surface area contributed by atoms with E-state index < -0.39 is 0 Å². The quantitative estimate of drug-likeness (QED) is 0.591. The fraction of sp³-hybridized carbons (Fsp3) is 0.500. The first-order valence-corrected chi connectivity index (χ1v) is 10.8. The van der Waals surface area contributed by atoms with Gasteiger partial charge in [0.15, 0.2) is 0 Å². The number of hydrogen-bond donors (Lipinski definition) is 0. The average Bonchev–Trinajstić information content (AvgIpc) is 3.45. The van der Waals surface area contributed by atoms with E-state index in [0.717, 1.165) is 43.6 Å². The van der Waals surface area contributed by atoms with Crippen LogP contribution in [0.5, 0.6) is 0 Å². The standard InChI is InChI=1S/C24H32N2O4/c1-3-4-13-25(24(28)20-11-9-19(2)10-12-20)18-23(27)26(16-21-7-5-14-29-21)17-22-8-6-15-30-22/h5,7,9-12,14,22H,3-4,6,8,13,15-18H2,1-2H3. The average molecular weight is 413 g/mol. The Morgan fingerprint density at radius 2 is 1.93 bits per heavy atom. The summed E-state index contributed by atoms with van der Waals surface area (Å²) in [5.74, 6) is 0.539. The van der Waals surface area contributed by atoms with Crippen molar-refractivity contribution in [2.75, 3.05) is 26.2 Å². The van der Waals surface area contributed by atoms with Gasteiger partial charge >= 0.3 is 0 Å². The second-order valence-corrected chi connectivity index (χ2v) is 7.93. The summed E-state index contributed by atoms with van der Waals surface area (Å²) in [5.41, 5.74) is 1.71. The Hall–Kier alpha value is -2.60. The van der Waals surface area contributed by atoms with Gasteiger partial charge in [-0.15, -0.1) is 0 Å². The van der Waals surface area contributed by atoms with Crippen LogP contribution in [0.15, 0.2) is 47.1 Å². The number of benzene rings is 1. The molecule has 0 bridgehead atoms. The normalized spacial score (nSPS) is 15.9. The Bertz CT molecular complexity index is 795. The van der Waals surface area contributed by atoms with E-state index >= 15 is 0 Å². The van der Waals surface area contributed by atoms with Crippen molar-refractivity contribution in [1.29, 1.82) is 0 Å². The van der Waals surface area contributed by atoms with Crippen LogP contribution in [-0.4, -0.2) is 54.0 Å². The van der Waals surface area contributed by atoms with Crippen molar-refractivity contribution >= 4 is 11.8 Å². The molecule has 30 heavy (non-hydrogen) atoms. The van der Waals surface area contributed by atoms with Gasteiger partial charge < -0.3 is 19.0 Å². The molecule has 2 aromatic rings. The molecule has 0 saturated carbocycles. The Balaban J connectivity index is 1.72. The van der Waals surface area contributed by atoms with Crippen molar-refractivity contribution in [3.63, 3.8) is 0 Å². The van der Waals surface area contributed by atoms with E-state index in [2.05, 4.69) is 6.92 Å². The third-order valence-corrected chi connectivity index (χ3v) is 5.42. The number of rotatable bonds is 10. The van der Waals surface area contributed by atoms with Crippen LogP contribution >= 0.6 is 0 Å². The maximum absolute atomic E-state index is 13.3. The van der Waals surface area contributed by atoms with Crippen molar-refractivity contribution in [2.24, 2.45) is 0 Å². The zero-order chi connectivity index (χ0) is 21.3. The van der Waals surface area contributed by atoms with Crippen LogP contribution < -0.4 is 0 Å². The molecule has 0 aliphatic carbocycles. The topological polar surface area (TPSA) is 63.0 Å². The molecule has 1 atom stereocenters. The summed E-state index contributed by atoms with van der Waals surface area (Å²) >= 11 is 0. The highest BCUT2D eigenvalue weighted by Gasteiger charge is 2.26. The summed E-state index contributed by atoms with van der Waals surface area (Å²) in [6.07, 6.45) is 5.43. The summed E-state index contributed by atoms with van der Waals surface area (Å²) in [5, 5.41) is 0. The van der Waals surface area contributed by atoms with Crippen molar-refractivity contribution in [3.05, 3.63) is 59.5 Å². The molecule has 1 fully saturated rings. The van der Waals surface area contributed by atoms with E-state index in [1.54, 1.807) is 16.1 Å². The van der Waals surface area contributed by atoms with Gasteiger partial charge in [-0.1, -0.05) is 31.0 Å². The van der Waals surface area contributed by atoms with Gasteiger partial charge in [-0.05, 0) is 50.5 Å². The number of carbonyl (C=O) groups is 2. The minimum absolute atomic E-state index is 0.0424. The molecule has 1 unspecified atom stereocenters. The molecule has 2 heterocycles. The fourth-order valence-corrected chi connectivity index (χ4v) is 3.62. The lowest BCUT2D eigenvalue weighted by Gasteiger charge is -2.29. The highest BCUT2D eigenvalue weighted by atomic mass is 16.5. The maximum Gasteiger partial charge on any atom is 0.254 e. The zero-order valence-electron chi connectivity index (χ0n) is 18.0. The molecule has 1 aliphatic rings. The fourth-order valence-electron chi connectivity index (χ4n) is 3.62. The lowest BCUT2D eigenvalue weighted by Crippen LogP contribution is -2.45. The molecule has 162 valence electrons. The lowest BCUT2D eigenvalue weighted by atomic mass is 10.1. The number of carbonyl (C=O) groups excluding carboxylic acids is 2. The van der Waals surface area contributed by atoms with Crippen LogP contribution in [0.4, 0.5) is 0 Å². The maximum atomic E-state index is 13.3. The number of furan rings is 1. The predicted molar refractivity (Wildman–Crippen MR) is 115 cm³/mol. The number of unbranched alkanes of at least 4 members (excludes halogenated alkanes) is 1. The van der Waals surface area contributed by atoms with Crippen LogP contribution in [0, 0.1) is 6.92 Å². The Morgan fingerprint density at radius 1 is 1.13 bits per heavy atom. The molecule has 1 aliphatic heterocycles. The summed E-state index contributed by atoms with van der Waals surface area (Å²) < 4.78 is 11.2. The van der Waals surface area contributed by atoms with Crippen molar-refractivity contribution in [1.82, 2.24) is 9.80 Å². The van der Waals surface area contributed by atoms with Gasteiger partial charge in [0.25, 0.3) is 5.91 Å². The number of ether oxygens (including phenoxy) is 1. The number of aryl methyl sites for hydroxylation is 1. The number of amides is 2. The number of nitrogens with zero attached hydrogens (tertiary/aromatic N) is 2. The highest BCUT2D eigenvalue weighted by Crippen LogP contribution is 2.16. The summed E-state index contributed by atoms with van der Waals surface area (Å²) in [4.78, 5) is 29.8. The summed E-state index contributed by atoms with van der Waals surface area (Å²) in [6.45, 7) is 6.32. The SMILES string of the molecule is CCCCN(CC(=O)N(Cc1ccco1)CC1CCCO1)C(=O)c1ccc(C)cc1. The Labute approximate surface area is 178 Å². The van der Waals surface area contributed by atoms with Crippen molar-refractivity contribution < 1.29 is 18.7 Å². The van der Waals surface area contributed by atoms with E-state index in [4.69, 9.17) is 9.15 Å². The van der Waals surface area contributed by atoms with Crippen molar-refractivity contribution in [2.45, 2.75) is 52.2 Å². The Morgan fingerprint density at radius 3 is 2.57 bits per heavy atom. The van der Waals surface area contributed by atoms with Gasteiger partial charge in [-0.25, -0.2) is 0 Å². The minimum Gasteiger partial charge on any atom is -0.467 e. The van der Waals surface area contributed by atoms with E-state index in [9.17, 15) is 9.59 Å². The molecule has 6 heteroatoms. The molecule has 6 nitrogen and oxygen atoms in total. The molecule has 0 radical (unpaired) electrons. The minimum atomic E-state index is -0.105. The molecule has 0 N–H and O–H groups in total. The van der Waals surface area contributed by atoms with E-state index in [1.165, 1.54) is 0 Å². The van der Waals surface area contributed by atoms with Crippen LogP contribution in [-0.2, 0) is 16.1 Å². The molecule has 1 saturated heterocycles. The lowest BCUT2D eigenvalue weighted by molar-refractivity contribution is -0.134. The summed E-state index contributed by atoms with van der Waals surface area (Å²) in [7, 11) is 0. The second kappa shape index (κ2) is 11.0. The molecule has 0 spiro atoms. The van der Waals surface area contributed by atoms with E-state index in [0.29, 0.717) is 25.2 Å². The van der Waals surface area contributed by atoms with Gasteiger partial charge in [-0.3, -0.25) is 9.59 Å². The van der Waals surface area contributed by atoms with Gasteiger partial charge in [0.1, 0.15) is 12.3 Å². The second-order valence-electron chi connectivity index (χ2n) is 7.93. The monoisotopic (exact) mass is 412 g/mol. The van der Waals surface area contributed by atoms with E-state index in [-0.39, 0.29) is 24.5 Å². The molecule has 1 aromatic heterocycles. The third-order valence-electron chi connectivity index (χ3n) is 5.42. The molecule has 1 aromatic carbocycles. The van der Waals surface area contributed by atoms with E-state index in [1.807, 2.05) is 43.3 Å². The van der Waals surface area contributed by atoms with Crippen LogP contribution in [0.1, 0.15) is 54.3 Å². The zero-order valence-corrected chi connectivity index (χ0v) is 18.0. The van der Waals surface area contributed by atoms with Gasteiger partial charge in [0.05, 0.1) is 18.9 Å². The van der Waals surface area contributed by atoms with Gasteiger partial charge in [0, 0.05) is 25.3 Å². The number of hydrogen-bond acceptors (Lipinski definition) is 4. The van der Waals surface area contributed by atoms with Crippen LogP contribution in [0.25, 0.3) is 0 Å². The van der Waals surface area contributed by atoms with Crippen molar-refractivity contribution in [3.8, 4) is 0 Å². The van der Waals surface area contributed by atoms with Crippen LogP contribution in [0.3, 0.4) is 0 Å².